The van der Waals surface area contributed by atoms with E-state index in [0.29, 0.717) is 18.2 Å². The third kappa shape index (κ3) is 2.49. The van der Waals surface area contributed by atoms with Gasteiger partial charge in [-0.05, 0) is 38.3 Å². The van der Waals surface area contributed by atoms with Crippen LogP contribution in [0, 0.1) is 5.82 Å². The van der Waals surface area contributed by atoms with E-state index in [9.17, 15) is 9.50 Å². The fraction of sp³-hybridized carbons (Fsp3) is 0.571. The van der Waals surface area contributed by atoms with Crippen LogP contribution in [0.4, 0.5) is 10.1 Å². The smallest absolute Gasteiger partial charge is 0.130 e. The van der Waals surface area contributed by atoms with E-state index in [1.807, 2.05) is 6.07 Å². The normalized spacial score (nSPS) is 17.3. The van der Waals surface area contributed by atoms with Gasteiger partial charge in [0, 0.05) is 29.9 Å². The maximum atomic E-state index is 13.9. The van der Waals surface area contributed by atoms with Gasteiger partial charge in [-0.15, -0.1) is 0 Å². The van der Waals surface area contributed by atoms with Crippen LogP contribution in [0.5, 0.6) is 0 Å². The minimum absolute atomic E-state index is 0.0748. The van der Waals surface area contributed by atoms with Gasteiger partial charge in [-0.25, -0.2) is 4.39 Å². The molecule has 2 rings (SSSR count). The average Bonchev–Trinajstić information content (AvgIpc) is 2.25. The van der Waals surface area contributed by atoms with Crippen LogP contribution in [0.3, 0.4) is 0 Å². The SMILES string of the molecule is C[C@H](N)c1c(F)cccc1N(CCO)C1CCC1. The third-order valence-electron chi connectivity index (χ3n) is 3.65. The molecule has 0 amide bonds. The Balaban J connectivity index is 2.36. The first-order valence-electron chi connectivity index (χ1n) is 6.56. The van der Waals surface area contributed by atoms with Crippen molar-refractivity contribution in [2.75, 3.05) is 18.1 Å². The predicted molar refractivity (Wildman–Crippen MR) is 71.1 cm³/mol. The van der Waals surface area contributed by atoms with Crippen molar-refractivity contribution in [3.63, 3.8) is 0 Å². The molecule has 1 saturated carbocycles. The number of aliphatic hydroxyl groups excluding tert-OH is 1. The van der Waals surface area contributed by atoms with Crippen molar-refractivity contribution >= 4 is 5.69 Å². The van der Waals surface area contributed by atoms with Crippen molar-refractivity contribution in [1.82, 2.24) is 0 Å². The molecule has 0 aliphatic heterocycles. The van der Waals surface area contributed by atoms with Crippen molar-refractivity contribution in [1.29, 1.82) is 0 Å². The summed E-state index contributed by atoms with van der Waals surface area (Å²) in [5, 5.41) is 9.20. The number of rotatable bonds is 5. The molecule has 100 valence electrons. The van der Waals surface area contributed by atoms with Crippen molar-refractivity contribution in [3.8, 4) is 0 Å². The van der Waals surface area contributed by atoms with Gasteiger partial charge in [0.05, 0.1) is 6.61 Å². The maximum absolute atomic E-state index is 13.9. The summed E-state index contributed by atoms with van der Waals surface area (Å²) in [5.74, 6) is -0.259. The van der Waals surface area contributed by atoms with E-state index in [1.165, 1.54) is 12.5 Å². The molecule has 0 bridgehead atoms. The van der Waals surface area contributed by atoms with Crippen LogP contribution in [0.15, 0.2) is 18.2 Å². The lowest BCUT2D eigenvalue weighted by Crippen LogP contribution is -2.42. The number of hydrogen-bond acceptors (Lipinski definition) is 3. The minimum Gasteiger partial charge on any atom is -0.395 e. The molecule has 1 aliphatic rings. The van der Waals surface area contributed by atoms with Crippen LogP contribution in [-0.4, -0.2) is 24.3 Å². The van der Waals surface area contributed by atoms with Gasteiger partial charge in [0.15, 0.2) is 0 Å². The lowest BCUT2D eigenvalue weighted by molar-refractivity contribution is 0.283. The zero-order valence-corrected chi connectivity index (χ0v) is 10.8. The van der Waals surface area contributed by atoms with Crippen molar-refractivity contribution < 1.29 is 9.50 Å². The number of hydrogen-bond donors (Lipinski definition) is 2. The summed E-state index contributed by atoms with van der Waals surface area (Å²) >= 11 is 0. The van der Waals surface area contributed by atoms with Gasteiger partial charge in [0.1, 0.15) is 5.82 Å². The van der Waals surface area contributed by atoms with Crippen LogP contribution in [-0.2, 0) is 0 Å². The number of nitrogens with zero attached hydrogens (tertiary/aromatic N) is 1. The van der Waals surface area contributed by atoms with E-state index < -0.39 is 0 Å². The zero-order valence-electron chi connectivity index (χ0n) is 10.8. The summed E-state index contributed by atoms with van der Waals surface area (Å²) in [7, 11) is 0. The highest BCUT2D eigenvalue weighted by atomic mass is 19.1. The fourth-order valence-electron chi connectivity index (χ4n) is 2.53. The van der Waals surface area contributed by atoms with Gasteiger partial charge in [0.2, 0.25) is 0 Å². The molecule has 3 N–H and O–H groups in total. The molecule has 1 aliphatic carbocycles. The Labute approximate surface area is 107 Å². The second-order valence-electron chi connectivity index (χ2n) is 4.96. The molecule has 4 heteroatoms. The number of anilines is 1. The zero-order chi connectivity index (χ0) is 13.1. The highest BCUT2D eigenvalue weighted by molar-refractivity contribution is 5.56. The van der Waals surface area contributed by atoms with Crippen LogP contribution in [0.25, 0.3) is 0 Å². The first-order valence-corrected chi connectivity index (χ1v) is 6.56. The van der Waals surface area contributed by atoms with E-state index in [-0.39, 0.29) is 18.5 Å². The number of aliphatic hydroxyl groups is 1. The summed E-state index contributed by atoms with van der Waals surface area (Å²) in [6.07, 6.45) is 3.42. The van der Waals surface area contributed by atoms with E-state index in [2.05, 4.69) is 4.90 Å². The largest absolute Gasteiger partial charge is 0.395 e. The van der Waals surface area contributed by atoms with Crippen LogP contribution in [0.2, 0.25) is 0 Å². The lowest BCUT2D eigenvalue weighted by Gasteiger charge is -2.40. The molecule has 1 fully saturated rings. The quantitative estimate of drug-likeness (QED) is 0.844. The summed E-state index contributed by atoms with van der Waals surface area (Å²) in [6, 6.07) is 5.12. The van der Waals surface area contributed by atoms with Crippen molar-refractivity contribution in [2.24, 2.45) is 5.73 Å². The van der Waals surface area contributed by atoms with Crippen LogP contribution in [0.1, 0.15) is 37.8 Å². The number of benzene rings is 1. The first-order chi connectivity index (χ1) is 8.65. The van der Waals surface area contributed by atoms with E-state index in [4.69, 9.17) is 5.73 Å². The Kier molecular flexibility index (Phi) is 4.19. The number of nitrogens with two attached hydrogens (primary N) is 1. The van der Waals surface area contributed by atoms with Gasteiger partial charge < -0.3 is 15.7 Å². The molecule has 1 aromatic rings. The van der Waals surface area contributed by atoms with E-state index in [1.54, 1.807) is 13.0 Å². The first kappa shape index (κ1) is 13.3. The number of halogens is 1. The summed E-state index contributed by atoms with van der Waals surface area (Å²) in [6.45, 7) is 2.40. The summed E-state index contributed by atoms with van der Waals surface area (Å²) in [4.78, 5) is 2.10. The molecule has 0 unspecified atom stereocenters. The predicted octanol–water partition coefficient (Wildman–Crippen LogP) is 2.20. The van der Waals surface area contributed by atoms with Crippen LogP contribution < -0.4 is 10.6 Å². The van der Waals surface area contributed by atoms with Crippen molar-refractivity contribution in [3.05, 3.63) is 29.6 Å². The molecule has 1 aromatic carbocycles. The molecule has 0 heterocycles. The Morgan fingerprint density at radius 2 is 2.22 bits per heavy atom. The van der Waals surface area contributed by atoms with Crippen molar-refractivity contribution in [2.45, 2.75) is 38.3 Å². The van der Waals surface area contributed by atoms with Gasteiger partial charge in [-0.1, -0.05) is 6.07 Å². The Morgan fingerprint density at radius 1 is 1.50 bits per heavy atom. The van der Waals surface area contributed by atoms with Crippen LogP contribution >= 0.6 is 0 Å². The molecule has 1 atom stereocenters. The highest BCUT2D eigenvalue weighted by Gasteiger charge is 2.27. The molecule has 18 heavy (non-hydrogen) atoms. The lowest BCUT2D eigenvalue weighted by atomic mass is 9.90. The summed E-state index contributed by atoms with van der Waals surface area (Å²) < 4.78 is 13.9. The molecule has 0 saturated heterocycles. The minimum atomic E-state index is -0.345. The molecule has 0 radical (unpaired) electrons. The fourth-order valence-corrected chi connectivity index (χ4v) is 2.53. The maximum Gasteiger partial charge on any atom is 0.130 e. The third-order valence-corrected chi connectivity index (χ3v) is 3.65. The van der Waals surface area contributed by atoms with E-state index >= 15 is 0 Å². The van der Waals surface area contributed by atoms with Gasteiger partial charge in [-0.2, -0.15) is 0 Å². The second kappa shape index (κ2) is 5.67. The molecular formula is C14H21FN2O. The monoisotopic (exact) mass is 252 g/mol. The summed E-state index contributed by atoms with van der Waals surface area (Å²) in [5.41, 5.74) is 7.27. The van der Waals surface area contributed by atoms with E-state index in [0.717, 1.165) is 18.5 Å². The second-order valence-corrected chi connectivity index (χ2v) is 4.96. The highest BCUT2D eigenvalue weighted by Crippen LogP contribution is 2.34. The molecular weight excluding hydrogens is 231 g/mol. The van der Waals surface area contributed by atoms with Gasteiger partial charge >= 0.3 is 0 Å². The Bertz CT molecular complexity index is 405. The molecule has 0 aromatic heterocycles. The molecule has 3 nitrogen and oxygen atoms in total. The van der Waals surface area contributed by atoms with Gasteiger partial charge in [0.25, 0.3) is 0 Å². The Morgan fingerprint density at radius 3 is 2.72 bits per heavy atom. The van der Waals surface area contributed by atoms with Gasteiger partial charge in [-0.3, -0.25) is 0 Å². The topological polar surface area (TPSA) is 49.5 Å². The molecule has 0 spiro atoms. The Hall–Kier alpha value is -1.13. The average molecular weight is 252 g/mol. The standard InChI is InChI=1S/C14H21FN2O/c1-10(16)14-12(15)6-3-7-13(14)17(8-9-18)11-4-2-5-11/h3,6-7,10-11,18H,2,4-5,8-9,16H2,1H3/t10-/m0/s1.